The fourth-order valence-corrected chi connectivity index (χ4v) is 4.64. The number of nitrogens with one attached hydrogen (secondary N) is 1. The number of benzene rings is 2. The number of hydrogen-bond acceptors (Lipinski definition) is 4. The Hall–Kier alpha value is -2.37. The standard InChI is InChI=1S/C25H33N3O2/c1-21-6-5-9-23(18-21)28-14-12-27(13-15-28)19-24(29)26-20-25(10-16-30-17-11-25)22-7-3-2-4-8-22/h2-9,18H,10-17,19-20H2,1H3,(H,26,29). The van der Waals surface area contributed by atoms with E-state index in [-0.39, 0.29) is 11.3 Å². The topological polar surface area (TPSA) is 44.8 Å². The lowest BCUT2D eigenvalue weighted by Crippen LogP contribution is -2.51. The summed E-state index contributed by atoms with van der Waals surface area (Å²) in [4.78, 5) is 17.4. The molecule has 30 heavy (non-hydrogen) atoms. The summed E-state index contributed by atoms with van der Waals surface area (Å²) in [5, 5.41) is 3.24. The number of carbonyl (C=O) groups is 1. The molecule has 0 bridgehead atoms. The van der Waals surface area contributed by atoms with E-state index in [0.29, 0.717) is 13.1 Å². The molecule has 0 aromatic heterocycles. The molecular weight excluding hydrogens is 374 g/mol. The number of piperazine rings is 1. The van der Waals surface area contributed by atoms with Gasteiger partial charge in [-0.2, -0.15) is 0 Å². The van der Waals surface area contributed by atoms with Crippen LogP contribution in [0.5, 0.6) is 0 Å². The van der Waals surface area contributed by atoms with E-state index in [1.807, 2.05) is 6.07 Å². The molecule has 0 spiro atoms. The number of nitrogens with zero attached hydrogens (tertiary/aromatic N) is 2. The Balaban J connectivity index is 1.28. The van der Waals surface area contributed by atoms with E-state index < -0.39 is 0 Å². The lowest BCUT2D eigenvalue weighted by molar-refractivity contribution is -0.122. The Morgan fingerprint density at radius 1 is 1.00 bits per heavy atom. The van der Waals surface area contributed by atoms with E-state index in [0.717, 1.165) is 52.2 Å². The van der Waals surface area contributed by atoms with Crippen molar-refractivity contribution < 1.29 is 9.53 Å². The van der Waals surface area contributed by atoms with Gasteiger partial charge in [0.05, 0.1) is 6.54 Å². The number of ether oxygens (including phenoxy) is 1. The van der Waals surface area contributed by atoms with Crippen molar-refractivity contribution in [1.29, 1.82) is 0 Å². The smallest absolute Gasteiger partial charge is 0.234 e. The lowest BCUT2D eigenvalue weighted by Gasteiger charge is -2.38. The first kappa shape index (κ1) is 20.9. The van der Waals surface area contributed by atoms with Crippen LogP contribution < -0.4 is 10.2 Å². The zero-order valence-corrected chi connectivity index (χ0v) is 18.0. The van der Waals surface area contributed by atoms with Crippen LogP contribution in [0.25, 0.3) is 0 Å². The Morgan fingerprint density at radius 3 is 2.43 bits per heavy atom. The molecule has 2 saturated heterocycles. The number of rotatable bonds is 6. The van der Waals surface area contributed by atoms with Crippen molar-refractivity contribution in [3.05, 3.63) is 65.7 Å². The van der Waals surface area contributed by atoms with Crippen LogP contribution in [-0.4, -0.2) is 63.3 Å². The number of hydrogen-bond donors (Lipinski definition) is 1. The van der Waals surface area contributed by atoms with Gasteiger partial charge in [0.2, 0.25) is 5.91 Å². The predicted octanol–water partition coefficient (Wildman–Crippen LogP) is 2.98. The Labute approximate surface area is 180 Å². The molecule has 2 fully saturated rings. The van der Waals surface area contributed by atoms with Crippen molar-refractivity contribution in [3.8, 4) is 0 Å². The molecule has 2 aromatic rings. The van der Waals surface area contributed by atoms with Gasteiger partial charge in [-0.1, -0.05) is 42.5 Å². The summed E-state index contributed by atoms with van der Waals surface area (Å²) in [6, 6.07) is 19.2. The minimum Gasteiger partial charge on any atom is -0.381 e. The van der Waals surface area contributed by atoms with Gasteiger partial charge in [-0.15, -0.1) is 0 Å². The van der Waals surface area contributed by atoms with Crippen LogP contribution in [0.3, 0.4) is 0 Å². The van der Waals surface area contributed by atoms with Gasteiger partial charge >= 0.3 is 0 Å². The summed E-state index contributed by atoms with van der Waals surface area (Å²) in [6.07, 6.45) is 1.90. The van der Waals surface area contributed by atoms with Gasteiger partial charge in [-0.3, -0.25) is 9.69 Å². The van der Waals surface area contributed by atoms with Gasteiger partial charge in [0.25, 0.3) is 0 Å². The van der Waals surface area contributed by atoms with Crippen molar-refractivity contribution in [2.24, 2.45) is 0 Å². The number of anilines is 1. The summed E-state index contributed by atoms with van der Waals surface area (Å²) >= 11 is 0. The molecule has 0 unspecified atom stereocenters. The predicted molar refractivity (Wildman–Crippen MR) is 121 cm³/mol. The highest BCUT2D eigenvalue weighted by molar-refractivity contribution is 5.78. The third kappa shape index (κ3) is 5.02. The van der Waals surface area contributed by atoms with Crippen molar-refractivity contribution in [2.75, 3.05) is 57.4 Å². The molecule has 160 valence electrons. The maximum atomic E-state index is 12.7. The second-order valence-electron chi connectivity index (χ2n) is 8.64. The molecule has 2 heterocycles. The Morgan fingerprint density at radius 2 is 1.73 bits per heavy atom. The molecule has 2 aromatic carbocycles. The fourth-order valence-electron chi connectivity index (χ4n) is 4.64. The van der Waals surface area contributed by atoms with Gasteiger partial charge in [0.15, 0.2) is 0 Å². The van der Waals surface area contributed by atoms with Crippen LogP contribution in [0.1, 0.15) is 24.0 Å². The molecule has 2 aliphatic rings. The van der Waals surface area contributed by atoms with Crippen molar-refractivity contribution in [1.82, 2.24) is 10.2 Å². The molecule has 5 heteroatoms. The normalized spacial score (nSPS) is 19.4. The molecule has 0 atom stereocenters. The zero-order valence-electron chi connectivity index (χ0n) is 18.0. The van der Waals surface area contributed by atoms with Crippen LogP contribution in [0.15, 0.2) is 54.6 Å². The summed E-state index contributed by atoms with van der Waals surface area (Å²) in [5.41, 5.74) is 3.86. The average molecular weight is 408 g/mol. The van der Waals surface area contributed by atoms with E-state index in [9.17, 15) is 4.79 Å². The summed E-state index contributed by atoms with van der Waals surface area (Å²) in [5.74, 6) is 0.126. The van der Waals surface area contributed by atoms with Crippen LogP contribution >= 0.6 is 0 Å². The minimum atomic E-state index is -0.0148. The Kier molecular flexibility index (Phi) is 6.70. The third-order valence-electron chi connectivity index (χ3n) is 6.57. The molecule has 0 radical (unpaired) electrons. The molecule has 5 nitrogen and oxygen atoms in total. The maximum absolute atomic E-state index is 12.7. The summed E-state index contributed by atoms with van der Waals surface area (Å²) < 4.78 is 5.60. The summed E-state index contributed by atoms with van der Waals surface area (Å²) in [6.45, 7) is 8.55. The SMILES string of the molecule is Cc1cccc(N2CCN(CC(=O)NCC3(c4ccccc4)CCOCC3)CC2)c1. The molecule has 0 saturated carbocycles. The Bertz CT molecular complexity index is 825. The highest BCUT2D eigenvalue weighted by Gasteiger charge is 2.34. The monoisotopic (exact) mass is 407 g/mol. The average Bonchev–Trinajstić information content (AvgIpc) is 2.79. The van der Waals surface area contributed by atoms with Crippen LogP contribution in [-0.2, 0) is 14.9 Å². The van der Waals surface area contributed by atoms with E-state index in [2.05, 4.69) is 70.6 Å². The summed E-state index contributed by atoms with van der Waals surface area (Å²) in [7, 11) is 0. The molecular formula is C25H33N3O2. The van der Waals surface area contributed by atoms with Crippen molar-refractivity contribution in [3.63, 3.8) is 0 Å². The van der Waals surface area contributed by atoms with Gasteiger partial charge in [0.1, 0.15) is 0 Å². The molecule has 4 rings (SSSR count). The quantitative estimate of drug-likeness (QED) is 0.800. The van der Waals surface area contributed by atoms with Crippen molar-refractivity contribution >= 4 is 11.6 Å². The van der Waals surface area contributed by atoms with Gasteiger partial charge in [-0.05, 0) is 43.0 Å². The molecule has 1 amide bonds. The number of amides is 1. The van der Waals surface area contributed by atoms with Crippen LogP contribution in [0, 0.1) is 6.92 Å². The second-order valence-corrected chi connectivity index (χ2v) is 8.64. The third-order valence-corrected chi connectivity index (χ3v) is 6.57. The first-order chi connectivity index (χ1) is 14.6. The largest absolute Gasteiger partial charge is 0.381 e. The maximum Gasteiger partial charge on any atom is 0.234 e. The lowest BCUT2D eigenvalue weighted by atomic mass is 9.74. The van der Waals surface area contributed by atoms with Gasteiger partial charge < -0.3 is 15.0 Å². The highest BCUT2D eigenvalue weighted by Crippen LogP contribution is 2.34. The molecule has 1 N–H and O–H groups in total. The van der Waals surface area contributed by atoms with E-state index >= 15 is 0 Å². The van der Waals surface area contributed by atoms with E-state index in [1.54, 1.807) is 0 Å². The van der Waals surface area contributed by atoms with Crippen LogP contribution in [0.4, 0.5) is 5.69 Å². The van der Waals surface area contributed by atoms with E-state index in [1.165, 1.54) is 16.8 Å². The minimum absolute atomic E-state index is 0.0148. The van der Waals surface area contributed by atoms with Crippen molar-refractivity contribution in [2.45, 2.75) is 25.2 Å². The first-order valence-electron chi connectivity index (χ1n) is 11.1. The highest BCUT2D eigenvalue weighted by atomic mass is 16.5. The number of aryl methyl sites for hydroxylation is 1. The van der Waals surface area contributed by atoms with Gasteiger partial charge in [0, 0.05) is 57.0 Å². The number of carbonyl (C=O) groups excluding carboxylic acids is 1. The van der Waals surface area contributed by atoms with E-state index in [4.69, 9.17) is 4.74 Å². The first-order valence-corrected chi connectivity index (χ1v) is 11.1. The molecule has 2 aliphatic heterocycles. The molecule has 0 aliphatic carbocycles. The fraction of sp³-hybridized carbons (Fsp3) is 0.480. The van der Waals surface area contributed by atoms with Gasteiger partial charge in [-0.25, -0.2) is 0 Å². The van der Waals surface area contributed by atoms with Crippen LogP contribution in [0.2, 0.25) is 0 Å². The zero-order chi connectivity index (χ0) is 20.8. The second kappa shape index (κ2) is 9.63.